The molecule has 1 unspecified atom stereocenters. The Morgan fingerprint density at radius 2 is 1.79 bits per heavy atom. The van der Waals surface area contributed by atoms with E-state index in [0.717, 1.165) is 11.1 Å². The fourth-order valence-electron chi connectivity index (χ4n) is 3.15. The van der Waals surface area contributed by atoms with Crippen LogP contribution in [0, 0.1) is 6.92 Å². The number of likely N-dealkylation sites (tertiary alicyclic amines) is 1. The molecule has 0 saturated carbocycles. The van der Waals surface area contributed by atoms with E-state index in [4.69, 9.17) is 0 Å². The molecule has 2 aromatic rings. The number of aryl methyl sites for hydroxylation is 1. The number of carbonyl (C=O) groups is 2. The second-order valence-electron chi connectivity index (χ2n) is 6.56. The number of rotatable bonds is 4. The third kappa shape index (κ3) is 2.80. The number of carboxylic acid groups (broad SMARTS) is 1. The van der Waals surface area contributed by atoms with Gasteiger partial charge in [-0.25, -0.2) is 4.79 Å². The van der Waals surface area contributed by atoms with Crippen LogP contribution in [0.15, 0.2) is 48.5 Å². The molecule has 1 amide bonds. The maximum absolute atomic E-state index is 12.4. The van der Waals surface area contributed by atoms with E-state index in [-0.39, 0.29) is 12.3 Å². The minimum absolute atomic E-state index is 0.130. The molecule has 4 heteroatoms. The summed E-state index contributed by atoms with van der Waals surface area (Å²) in [6.45, 7) is 4.20. The molecule has 0 spiro atoms. The zero-order chi connectivity index (χ0) is 17.3. The number of aliphatic carboxylic acids is 1. The second-order valence-corrected chi connectivity index (χ2v) is 6.56. The van der Waals surface area contributed by atoms with Gasteiger partial charge < -0.3 is 10.0 Å². The van der Waals surface area contributed by atoms with Gasteiger partial charge in [-0.3, -0.25) is 4.79 Å². The Labute approximate surface area is 141 Å². The van der Waals surface area contributed by atoms with Gasteiger partial charge in [0, 0.05) is 6.54 Å². The van der Waals surface area contributed by atoms with Crippen LogP contribution in [0.1, 0.15) is 24.5 Å². The summed E-state index contributed by atoms with van der Waals surface area (Å²) in [6, 6.07) is 16.1. The largest absolute Gasteiger partial charge is 0.480 e. The summed E-state index contributed by atoms with van der Waals surface area (Å²) >= 11 is 0. The van der Waals surface area contributed by atoms with Crippen molar-refractivity contribution >= 4 is 11.9 Å². The molecule has 0 radical (unpaired) electrons. The number of amides is 1. The van der Waals surface area contributed by atoms with Gasteiger partial charge in [-0.1, -0.05) is 48.5 Å². The molecule has 1 aliphatic heterocycles. The van der Waals surface area contributed by atoms with Crippen molar-refractivity contribution in [2.45, 2.75) is 32.2 Å². The van der Waals surface area contributed by atoms with Crippen molar-refractivity contribution in [1.29, 1.82) is 0 Å². The molecule has 1 aliphatic rings. The molecule has 1 N–H and O–H groups in total. The molecule has 1 saturated heterocycles. The lowest BCUT2D eigenvalue weighted by Crippen LogP contribution is -2.64. The number of carboxylic acids is 1. The van der Waals surface area contributed by atoms with Gasteiger partial charge in [0.05, 0.1) is 6.42 Å². The summed E-state index contributed by atoms with van der Waals surface area (Å²) in [5, 5.41) is 9.27. The predicted molar refractivity (Wildman–Crippen MR) is 92.7 cm³/mol. The van der Waals surface area contributed by atoms with Crippen LogP contribution in [0.25, 0.3) is 11.1 Å². The lowest BCUT2D eigenvalue weighted by Gasteiger charge is -2.47. The van der Waals surface area contributed by atoms with Crippen LogP contribution in [0.4, 0.5) is 0 Å². The third-order valence-electron chi connectivity index (χ3n) is 4.95. The fraction of sp³-hybridized carbons (Fsp3) is 0.300. The number of carbonyl (C=O) groups excluding carboxylic acids is 1. The normalized spacial score (nSPS) is 19.7. The first-order chi connectivity index (χ1) is 11.4. The first kappa shape index (κ1) is 16.2. The monoisotopic (exact) mass is 323 g/mol. The standard InChI is InChI=1S/C20H21NO3/c1-14-5-3-4-6-17(14)16-9-7-15(8-10-16)13-18(22)21-12-11-20(21,2)19(23)24/h3-10H,11-13H2,1-2H3,(H,23,24). The van der Waals surface area contributed by atoms with E-state index in [1.54, 1.807) is 6.92 Å². The SMILES string of the molecule is Cc1ccccc1-c1ccc(CC(=O)N2CCC2(C)C(=O)O)cc1. The molecule has 4 nitrogen and oxygen atoms in total. The van der Waals surface area contributed by atoms with Crippen molar-refractivity contribution in [3.8, 4) is 11.1 Å². The van der Waals surface area contributed by atoms with E-state index < -0.39 is 11.5 Å². The zero-order valence-corrected chi connectivity index (χ0v) is 14.0. The summed E-state index contributed by atoms with van der Waals surface area (Å²) in [5.74, 6) is -1.06. The Morgan fingerprint density at radius 3 is 2.33 bits per heavy atom. The van der Waals surface area contributed by atoms with Gasteiger partial charge in [0.1, 0.15) is 5.54 Å². The summed E-state index contributed by atoms with van der Waals surface area (Å²) in [5.41, 5.74) is 3.36. The van der Waals surface area contributed by atoms with Crippen molar-refractivity contribution in [1.82, 2.24) is 4.90 Å². The van der Waals surface area contributed by atoms with Gasteiger partial charge in [-0.05, 0) is 42.5 Å². The molecule has 0 bridgehead atoms. The molecule has 1 atom stereocenters. The molecule has 3 rings (SSSR count). The average molecular weight is 323 g/mol. The summed E-state index contributed by atoms with van der Waals surface area (Å²) in [7, 11) is 0. The molecule has 0 aliphatic carbocycles. The average Bonchev–Trinajstić information content (AvgIpc) is 2.54. The van der Waals surface area contributed by atoms with Crippen molar-refractivity contribution < 1.29 is 14.7 Å². The van der Waals surface area contributed by atoms with E-state index in [9.17, 15) is 14.7 Å². The maximum atomic E-state index is 12.4. The molecule has 1 fully saturated rings. The quantitative estimate of drug-likeness (QED) is 0.939. The topological polar surface area (TPSA) is 57.6 Å². The summed E-state index contributed by atoms with van der Waals surface area (Å²) in [6.07, 6.45) is 0.747. The number of hydrogen-bond donors (Lipinski definition) is 1. The van der Waals surface area contributed by atoms with Gasteiger partial charge in [-0.2, -0.15) is 0 Å². The minimum atomic E-state index is -1.04. The highest BCUT2D eigenvalue weighted by molar-refractivity contribution is 5.89. The van der Waals surface area contributed by atoms with E-state index in [2.05, 4.69) is 19.1 Å². The van der Waals surface area contributed by atoms with Crippen molar-refractivity contribution in [3.05, 3.63) is 59.7 Å². The van der Waals surface area contributed by atoms with Gasteiger partial charge in [0.15, 0.2) is 0 Å². The van der Waals surface area contributed by atoms with Gasteiger partial charge in [-0.15, -0.1) is 0 Å². The van der Waals surface area contributed by atoms with Crippen LogP contribution in [0.3, 0.4) is 0 Å². The molecule has 124 valence electrons. The van der Waals surface area contributed by atoms with E-state index in [1.165, 1.54) is 16.0 Å². The van der Waals surface area contributed by atoms with E-state index in [0.29, 0.717) is 13.0 Å². The van der Waals surface area contributed by atoms with Gasteiger partial charge in [0.25, 0.3) is 0 Å². The highest BCUT2D eigenvalue weighted by atomic mass is 16.4. The molecule has 0 aromatic heterocycles. The first-order valence-electron chi connectivity index (χ1n) is 8.10. The van der Waals surface area contributed by atoms with Crippen LogP contribution in [-0.4, -0.2) is 34.0 Å². The lowest BCUT2D eigenvalue weighted by molar-refractivity contribution is -0.168. The van der Waals surface area contributed by atoms with Crippen molar-refractivity contribution in [3.63, 3.8) is 0 Å². The molecule has 1 heterocycles. The smallest absolute Gasteiger partial charge is 0.329 e. The molecular weight excluding hydrogens is 302 g/mol. The maximum Gasteiger partial charge on any atom is 0.329 e. The van der Waals surface area contributed by atoms with Crippen molar-refractivity contribution in [2.75, 3.05) is 6.54 Å². The number of hydrogen-bond acceptors (Lipinski definition) is 2. The Bertz CT molecular complexity index is 782. The van der Waals surface area contributed by atoms with Crippen LogP contribution in [0.2, 0.25) is 0 Å². The van der Waals surface area contributed by atoms with Gasteiger partial charge in [0.2, 0.25) is 5.91 Å². The number of benzene rings is 2. The molecule has 24 heavy (non-hydrogen) atoms. The highest BCUT2D eigenvalue weighted by Gasteiger charge is 2.49. The fourth-order valence-corrected chi connectivity index (χ4v) is 3.15. The second kappa shape index (κ2) is 6.11. The Morgan fingerprint density at radius 1 is 1.12 bits per heavy atom. The number of nitrogens with zero attached hydrogens (tertiary/aromatic N) is 1. The predicted octanol–water partition coefficient (Wildman–Crippen LogP) is 3.28. The van der Waals surface area contributed by atoms with Crippen LogP contribution in [0.5, 0.6) is 0 Å². The van der Waals surface area contributed by atoms with Crippen LogP contribution in [-0.2, 0) is 16.0 Å². The Kier molecular flexibility index (Phi) is 4.14. The molecule has 2 aromatic carbocycles. The van der Waals surface area contributed by atoms with Crippen LogP contribution < -0.4 is 0 Å². The first-order valence-corrected chi connectivity index (χ1v) is 8.10. The summed E-state index contributed by atoms with van der Waals surface area (Å²) in [4.78, 5) is 25.2. The Hall–Kier alpha value is -2.62. The molecular formula is C20H21NO3. The van der Waals surface area contributed by atoms with Crippen molar-refractivity contribution in [2.24, 2.45) is 0 Å². The van der Waals surface area contributed by atoms with E-state index in [1.807, 2.05) is 36.4 Å². The van der Waals surface area contributed by atoms with Crippen LogP contribution >= 0.6 is 0 Å². The van der Waals surface area contributed by atoms with Gasteiger partial charge >= 0.3 is 5.97 Å². The zero-order valence-electron chi connectivity index (χ0n) is 14.0. The lowest BCUT2D eigenvalue weighted by atomic mass is 9.86. The minimum Gasteiger partial charge on any atom is -0.480 e. The summed E-state index contributed by atoms with van der Waals surface area (Å²) < 4.78 is 0. The van der Waals surface area contributed by atoms with E-state index >= 15 is 0 Å². The highest BCUT2D eigenvalue weighted by Crippen LogP contribution is 2.31. The third-order valence-corrected chi connectivity index (χ3v) is 4.95. The Balaban J connectivity index is 1.72.